The number of anilines is 1. The quantitative estimate of drug-likeness (QED) is 0.733. The predicted molar refractivity (Wildman–Crippen MR) is 83.4 cm³/mol. The largest absolute Gasteiger partial charge is 0.444 e. The summed E-state index contributed by atoms with van der Waals surface area (Å²) in [6.45, 7) is 0.424. The van der Waals surface area contributed by atoms with Crippen LogP contribution in [0.4, 0.5) is 10.1 Å². The van der Waals surface area contributed by atoms with Crippen LogP contribution >= 0.6 is 15.9 Å². The Morgan fingerprint density at radius 2 is 1.95 bits per heavy atom. The van der Waals surface area contributed by atoms with Gasteiger partial charge < -0.3 is 9.73 Å². The molecule has 0 bridgehead atoms. The van der Waals surface area contributed by atoms with E-state index in [1.54, 1.807) is 18.3 Å². The Morgan fingerprint density at radius 3 is 2.67 bits per heavy atom. The summed E-state index contributed by atoms with van der Waals surface area (Å²) >= 11 is 3.34. The van der Waals surface area contributed by atoms with Crippen LogP contribution in [0.2, 0.25) is 0 Å². The van der Waals surface area contributed by atoms with Crippen LogP contribution in [0.5, 0.6) is 0 Å². The van der Waals surface area contributed by atoms with Crippen molar-refractivity contribution in [1.29, 1.82) is 0 Å². The van der Waals surface area contributed by atoms with Crippen molar-refractivity contribution in [3.8, 4) is 11.3 Å². The molecule has 0 fully saturated rings. The van der Waals surface area contributed by atoms with Crippen LogP contribution in [0.15, 0.2) is 63.9 Å². The van der Waals surface area contributed by atoms with Crippen molar-refractivity contribution in [3.63, 3.8) is 0 Å². The van der Waals surface area contributed by atoms with Gasteiger partial charge in [0.25, 0.3) is 0 Å². The van der Waals surface area contributed by atoms with Crippen molar-refractivity contribution < 1.29 is 8.81 Å². The lowest BCUT2D eigenvalue weighted by molar-refractivity contribution is 0.572. The molecule has 2 aromatic carbocycles. The van der Waals surface area contributed by atoms with Gasteiger partial charge in [-0.1, -0.05) is 15.9 Å². The lowest BCUT2D eigenvalue weighted by Crippen LogP contribution is -2.01. The maximum Gasteiger partial charge on any atom is 0.181 e. The zero-order valence-corrected chi connectivity index (χ0v) is 12.6. The number of nitrogens with one attached hydrogen (secondary N) is 1. The van der Waals surface area contributed by atoms with Gasteiger partial charge in [0.05, 0.1) is 6.20 Å². The summed E-state index contributed by atoms with van der Waals surface area (Å²) in [6, 6.07) is 12.6. The summed E-state index contributed by atoms with van der Waals surface area (Å²) in [7, 11) is 0. The van der Waals surface area contributed by atoms with Gasteiger partial charge in [-0.3, -0.25) is 0 Å². The van der Waals surface area contributed by atoms with Crippen molar-refractivity contribution in [3.05, 3.63) is 70.9 Å². The van der Waals surface area contributed by atoms with E-state index in [0.717, 1.165) is 21.5 Å². The van der Waals surface area contributed by atoms with Crippen molar-refractivity contribution in [1.82, 2.24) is 4.98 Å². The molecule has 0 aliphatic carbocycles. The van der Waals surface area contributed by atoms with Gasteiger partial charge in [0, 0.05) is 27.8 Å². The fraction of sp³-hybridized carbons (Fsp3) is 0.0625. The van der Waals surface area contributed by atoms with E-state index >= 15 is 0 Å². The predicted octanol–water partition coefficient (Wildman–Crippen LogP) is 4.86. The highest BCUT2D eigenvalue weighted by atomic mass is 79.9. The molecule has 1 N–H and O–H groups in total. The minimum absolute atomic E-state index is 0.219. The van der Waals surface area contributed by atoms with Crippen molar-refractivity contribution in [2.24, 2.45) is 0 Å². The minimum atomic E-state index is -0.219. The van der Waals surface area contributed by atoms with E-state index in [0.29, 0.717) is 12.1 Å². The Bertz CT molecular complexity index is 727. The summed E-state index contributed by atoms with van der Waals surface area (Å²) < 4.78 is 19.7. The molecule has 0 spiro atoms. The molecule has 106 valence electrons. The van der Waals surface area contributed by atoms with E-state index in [1.807, 2.05) is 24.3 Å². The molecule has 0 aliphatic heterocycles. The fourth-order valence-corrected chi connectivity index (χ4v) is 2.40. The molecule has 0 unspecified atom stereocenters. The number of benzene rings is 2. The maximum absolute atomic E-state index is 13.6. The Morgan fingerprint density at radius 1 is 1.14 bits per heavy atom. The third kappa shape index (κ3) is 3.31. The van der Waals surface area contributed by atoms with E-state index in [9.17, 15) is 4.39 Å². The van der Waals surface area contributed by atoms with Crippen molar-refractivity contribution in [2.75, 3.05) is 5.32 Å². The van der Waals surface area contributed by atoms with Gasteiger partial charge in [-0.2, -0.15) is 0 Å². The standard InChI is InChI=1S/C16H12BrFN2O/c17-13-3-6-15(18)12(7-13)8-20-14-4-1-11(2-5-14)16-9-19-10-21-16/h1-7,9-10,20H,8H2. The molecule has 5 heteroatoms. The maximum atomic E-state index is 13.6. The second-order valence-corrected chi connectivity index (χ2v) is 5.45. The lowest BCUT2D eigenvalue weighted by Gasteiger charge is -2.08. The number of hydrogen-bond acceptors (Lipinski definition) is 3. The van der Waals surface area contributed by atoms with E-state index in [4.69, 9.17) is 4.42 Å². The highest BCUT2D eigenvalue weighted by Gasteiger charge is 2.04. The molecular weight excluding hydrogens is 335 g/mol. The normalized spacial score (nSPS) is 10.6. The van der Waals surface area contributed by atoms with Crippen LogP contribution in [0.3, 0.4) is 0 Å². The average Bonchev–Trinajstić information content (AvgIpc) is 3.03. The molecule has 0 radical (unpaired) electrons. The Kier molecular flexibility index (Phi) is 4.01. The Balaban J connectivity index is 1.70. The molecule has 21 heavy (non-hydrogen) atoms. The third-order valence-electron chi connectivity index (χ3n) is 3.09. The van der Waals surface area contributed by atoms with Crippen molar-refractivity contribution >= 4 is 21.6 Å². The number of nitrogens with zero attached hydrogens (tertiary/aromatic N) is 1. The smallest absolute Gasteiger partial charge is 0.181 e. The first-order valence-electron chi connectivity index (χ1n) is 6.39. The Labute approximate surface area is 130 Å². The van der Waals surface area contributed by atoms with Crippen LogP contribution in [0, 0.1) is 5.82 Å². The van der Waals surface area contributed by atoms with Crippen LogP contribution in [0.1, 0.15) is 5.56 Å². The number of aromatic nitrogens is 1. The molecule has 1 aromatic heterocycles. The molecule has 0 atom stereocenters. The SMILES string of the molecule is Fc1ccc(Br)cc1CNc1ccc(-c2cnco2)cc1. The number of halogens is 2. The van der Waals surface area contributed by atoms with Gasteiger partial charge in [-0.25, -0.2) is 9.37 Å². The molecule has 0 amide bonds. The second kappa shape index (κ2) is 6.10. The van der Waals surface area contributed by atoms with Gasteiger partial charge >= 0.3 is 0 Å². The Hall–Kier alpha value is -2.14. The molecule has 0 aliphatic rings. The van der Waals surface area contributed by atoms with Crippen LogP contribution in [-0.4, -0.2) is 4.98 Å². The number of rotatable bonds is 4. The molecular formula is C16H12BrFN2O. The average molecular weight is 347 g/mol. The highest BCUT2D eigenvalue weighted by molar-refractivity contribution is 9.10. The molecule has 3 nitrogen and oxygen atoms in total. The molecule has 1 heterocycles. The summed E-state index contributed by atoms with van der Waals surface area (Å²) in [6.07, 6.45) is 3.07. The third-order valence-corrected chi connectivity index (χ3v) is 3.59. The summed E-state index contributed by atoms with van der Waals surface area (Å²) in [5.41, 5.74) is 2.48. The van der Waals surface area contributed by atoms with Gasteiger partial charge in [0.15, 0.2) is 12.2 Å². The van der Waals surface area contributed by atoms with Crippen LogP contribution in [0.25, 0.3) is 11.3 Å². The van der Waals surface area contributed by atoms with Crippen LogP contribution in [-0.2, 0) is 6.54 Å². The number of oxazole rings is 1. The summed E-state index contributed by atoms with van der Waals surface area (Å²) in [5, 5.41) is 3.19. The zero-order chi connectivity index (χ0) is 14.7. The topological polar surface area (TPSA) is 38.1 Å². The first-order valence-corrected chi connectivity index (χ1v) is 7.18. The van der Waals surface area contributed by atoms with Gasteiger partial charge in [-0.05, 0) is 42.5 Å². The van der Waals surface area contributed by atoms with E-state index in [-0.39, 0.29) is 5.82 Å². The van der Waals surface area contributed by atoms with Gasteiger partial charge in [0.1, 0.15) is 5.82 Å². The van der Waals surface area contributed by atoms with Crippen molar-refractivity contribution in [2.45, 2.75) is 6.54 Å². The molecule has 3 rings (SSSR count). The molecule has 3 aromatic rings. The fourth-order valence-electron chi connectivity index (χ4n) is 1.99. The first kappa shape index (κ1) is 13.8. The minimum Gasteiger partial charge on any atom is -0.444 e. The second-order valence-electron chi connectivity index (χ2n) is 4.53. The summed E-state index contributed by atoms with van der Waals surface area (Å²) in [4.78, 5) is 3.89. The van der Waals surface area contributed by atoms with E-state index < -0.39 is 0 Å². The zero-order valence-electron chi connectivity index (χ0n) is 11.0. The number of hydrogen-bond donors (Lipinski definition) is 1. The summed E-state index contributed by atoms with van der Waals surface area (Å²) in [5.74, 6) is 0.503. The highest BCUT2D eigenvalue weighted by Crippen LogP contribution is 2.22. The van der Waals surface area contributed by atoms with E-state index in [1.165, 1.54) is 12.5 Å². The van der Waals surface area contributed by atoms with Gasteiger partial charge in [-0.15, -0.1) is 0 Å². The monoisotopic (exact) mass is 346 g/mol. The molecule has 0 saturated heterocycles. The van der Waals surface area contributed by atoms with Crippen LogP contribution < -0.4 is 5.32 Å². The molecule has 0 saturated carbocycles. The van der Waals surface area contributed by atoms with E-state index in [2.05, 4.69) is 26.2 Å². The first-order chi connectivity index (χ1) is 10.2. The van der Waals surface area contributed by atoms with Gasteiger partial charge in [0.2, 0.25) is 0 Å². The lowest BCUT2D eigenvalue weighted by atomic mass is 10.1.